The molecule has 0 bridgehead atoms. The molecule has 1 atom stereocenters. The number of rotatable bonds is 4. The van der Waals surface area contributed by atoms with Crippen LogP contribution in [0, 0.1) is 31.1 Å². The van der Waals surface area contributed by atoms with Crippen LogP contribution in [-0.2, 0) is 0 Å². The summed E-state index contributed by atoms with van der Waals surface area (Å²) in [6.45, 7) is 1.86. The monoisotopic (exact) mass is 308 g/mol. The summed E-state index contributed by atoms with van der Waals surface area (Å²) in [6.07, 6.45) is 11.5. The Bertz CT molecular complexity index is 682. The van der Waals surface area contributed by atoms with Gasteiger partial charge in [0.15, 0.2) is 5.78 Å². The van der Waals surface area contributed by atoms with Crippen LogP contribution in [0.2, 0.25) is 0 Å². The van der Waals surface area contributed by atoms with E-state index in [-0.39, 0.29) is 5.78 Å². The number of carbonyl (C=O) groups is 1. The summed E-state index contributed by atoms with van der Waals surface area (Å²) in [5, 5.41) is 9.30. The van der Waals surface area contributed by atoms with Crippen molar-refractivity contribution in [2.24, 2.45) is 0 Å². The van der Waals surface area contributed by atoms with E-state index >= 15 is 0 Å². The van der Waals surface area contributed by atoms with E-state index in [0.717, 1.165) is 16.2 Å². The van der Waals surface area contributed by atoms with Crippen molar-refractivity contribution in [3.8, 4) is 18.9 Å². The summed E-state index contributed by atoms with van der Waals surface area (Å²) in [5.74, 6) is -0.993. The molecule has 110 valence electrons. The summed E-state index contributed by atoms with van der Waals surface area (Å²) < 4.78 is 0. The molecule has 2 rings (SSSR count). The molecular formula is C18H16N2OS. The highest BCUT2D eigenvalue weighted by Crippen LogP contribution is 2.23. The van der Waals surface area contributed by atoms with Gasteiger partial charge in [0.2, 0.25) is 0 Å². The minimum Gasteiger partial charge on any atom is -0.292 e. The Morgan fingerprint density at radius 2 is 1.86 bits per heavy atom. The van der Waals surface area contributed by atoms with Crippen LogP contribution in [0.3, 0.4) is 0 Å². The van der Waals surface area contributed by atoms with Crippen molar-refractivity contribution in [2.75, 3.05) is 6.26 Å². The van der Waals surface area contributed by atoms with Gasteiger partial charge in [-0.15, -0.1) is 24.6 Å². The SMILES string of the molecule is C#C.CSc1ccc(C(C#N)C(=O)c2ccc(C)nc2)cc1. The molecule has 22 heavy (non-hydrogen) atoms. The minimum atomic E-state index is -0.782. The lowest BCUT2D eigenvalue weighted by molar-refractivity contribution is 0.0978. The normalized spacial score (nSPS) is 10.7. The fourth-order valence-corrected chi connectivity index (χ4v) is 2.27. The lowest BCUT2D eigenvalue weighted by Gasteiger charge is -2.09. The second kappa shape index (κ2) is 8.67. The Kier molecular flexibility index (Phi) is 6.89. The molecular weight excluding hydrogens is 292 g/mol. The zero-order chi connectivity index (χ0) is 16.5. The Balaban J connectivity index is 0.00000116. The Labute approximate surface area is 135 Å². The van der Waals surface area contributed by atoms with E-state index in [2.05, 4.69) is 23.9 Å². The third-order valence-electron chi connectivity index (χ3n) is 3.04. The maximum atomic E-state index is 12.4. The van der Waals surface area contributed by atoms with Gasteiger partial charge < -0.3 is 0 Å². The molecule has 1 heterocycles. The number of nitrogens with zero attached hydrogens (tertiary/aromatic N) is 2. The van der Waals surface area contributed by atoms with Crippen molar-refractivity contribution in [2.45, 2.75) is 17.7 Å². The van der Waals surface area contributed by atoms with Gasteiger partial charge in [0.1, 0.15) is 5.92 Å². The smallest absolute Gasteiger partial charge is 0.185 e. The average Bonchev–Trinajstić information content (AvgIpc) is 2.58. The van der Waals surface area contributed by atoms with Crippen molar-refractivity contribution in [1.29, 1.82) is 5.26 Å². The van der Waals surface area contributed by atoms with E-state index in [1.165, 1.54) is 6.20 Å². The van der Waals surface area contributed by atoms with Crippen molar-refractivity contribution in [3.63, 3.8) is 0 Å². The standard InChI is InChI=1S/C16H14N2OS.C2H2/c1-11-3-4-13(10-18-11)16(19)15(9-17)12-5-7-14(20-2)8-6-12;1-2/h3-8,10,15H,1-2H3;1-2H. The maximum absolute atomic E-state index is 12.4. The number of pyridine rings is 1. The third-order valence-corrected chi connectivity index (χ3v) is 3.78. The van der Waals surface area contributed by atoms with Crippen LogP contribution in [0.15, 0.2) is 47.5 Å². The highest BCUT2D eigenvalue weighted by atomic mass is 32.2. The third kappa shape index (κ3) is 4.22. The van der Waals surface area contributed by atoms with Crippen LogP contribution < -0.4 is 0 Å². The van der Waals surface area contributed by atoms with Crippen LogP contribution in [0.1, 0.15) is 27.5 Å². The van der Waals surface area contributed by atoms with Gasteiger partial charge in [-0.1, -0.05) is 12.1 Å². The predicted molar refractivity (Wildman–Crippen MR) is 89.8 cm³/mol. The summed E-state index contributed by atoms with van der Waals surface area (Å²) in [7, 11) is 0. The van der Waals surface area contributed by atoms with Crippen molar-refractivity contribution in [3.05, 3.63) is 59.4 Å². The van der Waals surface area contributed by atoms with Gasteiger partial charge in [-0.25, -0.2) is 0 Å². The summed E-state index contributed by atoms with van der Waals surface area (Å²) in [4.78, 5) is 17.6. The molecule has 4 heteroatoms. The zero-order valence-corrected chi connectivity index (χ0v) is 13.3. The van der Waals surface area contributed by atoms with Crippen molar-refractivity contribution < 1.29 is 4.79 Å². The first-order chi connectivity index (χ1) is 10.7. The van der Waals surface area contributed by atoms with Crippen LogP contribution in [-0.4, -0.2) is 17.0 Å². The molecule has 0 aliphatic heterocycles. The molecule has 0 N–H and O–H groups in total. The van der Waals surface area contributed by atoms with Gasteiger partial charge in [-0.3, -0.25) is 9.78 Å². The molecule has 1 unspecified atom stereocenters. The number of Topliss-reactive ketones (excluding diaryl/α,β-unsaturated/α-hetero) is 1. The van der Waals surface area contributed by atoms with E-state index < -0.39 is 5.92 Å². The number of hydrogen-bond acceptors (Lipinski definition) is 4. The number of terminal acetylenes is 1. The van der Waals surface area contributed by atoms with Gasteiger partial charge in [0, 0.05) is 22.3 Å². The number of hydrogen-bond donors (Lipinski definition) is 0. The zero-order valence-electron chi connectivity index (χ0n) is 12.5. The van der Waals surface area contributed by atoms with Gasteiger partial charge in [-0.2, -0.15) is 5.26 Å². The molecule has 3 nitrogen and oxygen atoms in total. The fraction of sp³-hybridized carbons (Fsp3) is 0.167. The van der Waals surface area contributed by atoms with E-state index in [9.17, 15) is 10.1 Å². The predicted octanol–water partition coefficient (Wildman–Crippen LogP) is 3.85. The molecule has 0 spiro atoms. The molecule has 1 aromatic carbocycles. The Morgan fingerprint density at radius 3 is 2.32 bits per heavy atom. The Morgan fingerprint density at radius 1 is 1.23 bits per heavy atom. The maximum Gasteiger partial charge on any atom is 0.185 e. The average molecular weight is 308 g/mol. The molecule has 0 amide bonds. The van der Waals surface area contributed by atoms with E-state index in [0.29, 0.717) is 5.56 Å². The first-order valence-electron chi connectivity index (χ1n) is 6.49. The van der Waals surface area contributed by atoms with Crippen LogP contribution >= 0.6 is 11.8 Å². The topological polar surface area (TPSA) is 53.8 Å². The van der Waals surface area contributed by atoms with E-state index in [1.54, 1.807) is 23.9 Å². The Hall–Kier alpha value is -2.56. The molecule has 0 fully saturated rings. The van der Waals surface area contributed by atoms with Crippen LogP contribution in [0.4, 0.5) is 0 Å². The molecule has 2 aromatic rings. The largest absolute Gasteiger partial charge is 0.292 e. The number of nitriles is 1. The number of aromatic nitrogens is 1. The van der Waals surface area contributed by atoms with Gasteiger partial charge >= 0.3 is 0 Å². The van der Waals surface area contributed by atoms with Crippen molar-refractivity contribution in [1.82, 2.24) is 4.98 Å². The van der Waals surface area contributed by atoms with Gasteiger partial charge in [0.25, 0.3) is 0 Å². The highest BCUT2D eigenvalue weighted by molar-refractivity contribution is 7.98. The first kappa shape index (κ1) is 17.5. The highest BCUT2D eigenvalue weighted by Gasteiger charge is 2.21. The molecule has 1 aromatic heterocycles. The van der Waals surface area contributed by atoms with Gasteiger partial charge in [-0.05, 0) is 43.0 Å². The fourth-order valence-electron chi connectivity index (χ4n) is 1.86. The summed E-state index contributed by atoms with van der Waals surface area (Å²) >= 11 is 1.63. The molecule has 0 aliphatic carbocycles. The molecule has 0 radical (unpaired) electrons. The van der Waals surface area contributed by atoms with Crippen molar-refractivity contribution >= 4 is 17.5 Å². The van der Waals surface area contributed by atoms with Crippen LogP contribution in [0.25, 0.3) is 0 Å². The second-order valence-corrected chi connectivity index (χ2v) is 5.27. The first-order valence-corrected chi connectivity index (χ1v) is 7.72. The number of carbonyl (C=O) groups excluding carboxylic acids is 1. The molecule has 0 saturated carbocycles. The van der Waals surface area contributed by atoms with E-state index in [4.69, 9.17) is 0 Å². The van der Waals surface area contributed by atoms with E-state index in [1.807, 2.05) is 37.4 Å². The number of ketones is 1. The quantitative estimate of drug-likeness (QED) is 0.489. The second-order valence-electron chi connectivity index (χ2n) is 4.39. The number of thioether (sulfide) groups is 1. The number of benzene rings is 1. The lowest BCUT2D eigenvalue weighted by atomic mass is 9.92. The molecule has 0 saturated heterocycles. The van der Waals surface area contributed by atoms with Gasteiger partial charge in [0.05, 0.1) is 6.07 Å². The van der Waals surface area contributed by atoms with Crippen LogP contribution in [0.5, 0.6) is 0 Å². The lowest BCUT2D eigenvalue weighted by Crippen LogP contribution is -2.11. The molecule has 0 aliphatic rings. The summed E-state index contributed by atoms with van der Waals surface area (Å²) in [6, 6.07) is 13.1. The minimum absolute atomic E-state index is 0.211. The number of aryl methyl sites for hydroxylation is 1. The summed E-state index contributed by atoms with van der Waals surface area (Å²) in [5.41, 5.74) is 2.03.